The Kier molecular flexibility index (Phi) is 11.5. The number of nitrogens with zero attached hydrogens (tertiary/aromatic N) is 3. The lowest BCUT2D eigenvalue weighted by Gasteiger charge is -2.12. The molecule has 1 amide bonds. The van der Waals surface area contributed by atoms with Gasteiger partial charge in [-0.25, -0.2) is 4.99 Å². The Hall–Kier alpha value is -2.10. The topological polar surface area (TPSA) is 83.3 Å². The molecule has 0 radical (unpaired) electrons. The molecule has 30 heavy (non-hydrogen) atoms. The van der Waals surface area contributed by atoms with Crippen molar-refractivity contribution in [3.05, 3.63) is 52.3 Å². The van der Waals surface area contributed by atoms with Gasteiger partial charge < -0.3 is 16.0 Å². The van der Waals surface area contributed by atoms with Crippen LogP contribution in [-0.4, -0.2) is 34.7 Å². The molecule has 0 spiro atoms. The van der Waals surface area contributed by atoms with Gasteiger partial charge >= 0.3 is 0 Å². The van der Waals surface area contributed by atoms with Crippen LogP contribution < -0.4 is 16.0 Å². The van der Waals surface area contributed by atoms with E-state index < -0.39 is 0 Å². The largest absolute Gasteiger partial charge is 0.357 e. The van der Waals surface area contributed by atoms with Crippen LogP contribution in [0.15, 0.2) is 29.3 Å². The summed E-state index contributed by atoms with van der Waals surface area (Å²) in [6, 6.07) is 7.62. The lowest BCUT2D eigenvalue weighted by molar-refractivity contribution is 0.0953. The third kappa shape index (κ3) is 7.62. The second-order valence-corrected chi connectivity index (χ2v) is 7.13. The van der Waals surface area contributed by atoms with Crippen LogP contribution in [0.4, 0.5) is 0 Å². The van der Waals surface area contributed by atoms with Crippen LogP contribution >= 0.6 is 24.0 Å². The summed E-state index contributed by atoms with van der Waals surface area (Å²) >= 11 is 0. The molecule has 1 heterocycles. The minimum atomic E-state index is -0.0225. The number of carbonyl (C=O) groups excluding carboxylic acids is 1. The number of unbranched alkanes of at least 4 members (excludes halogenated alkanes) is 1. The third-order valence-electron chi connectivity index (χ3n) is 4.89. The normalized spacial score (nSPS) is 11.0. The number of hydrogen-bond donors (Lipinski definition) is 3. The Balaban J connectivity index is 0.00000450. The highest BCUT2D eigenvalue weighted by Gasteiger charge is 2.10. The van der Waals surface area contributed by atoms with Crippen LogP contribution in [0.2, 0.25) is 0 Å². The van der Waals surface area contributed by atoms with E-state index in [2.05, 4.69) is 39.9 Å². The molecule has 2 rings (SSSR count). The van der Waals surface area contributed by atoms with Crippen LogP contribution in [0.3, 0.4) is 0 Å². The van der Waals surface area contributed by atoms with Gasteiger partial charge in [0.1, 0.15) is 0 Å². The second-order valence-electron chi connectivity index (χ2n) is 7.13. The van der Waals surface area contributed by atoms with Gasteiger partial charge in [-0.05, 0) is 44.9 Å². The van der Waals surface area contributed by atoms with Gasteiger partial charge in [0.2, 0.25) is 0 Å². The zero-order valence-corrected chi connectivity index (χ0v) is 21.0. The average molecular weight is 526 g/mol. The first-order chi connectivity index (χ1) is 14.0. The Morgan fingerprint density at radius 2 is 1.80 bits per heavy atom. The second kappa shape index (κ2) is 13.3. The van der Waals surface area contributed by atoms with Crippen LogP contribution in [0.5, 0.6) is 0 Å². The smallest absolute Gasteiger partial charge is 0.251 e. The molecule has 166 valence electrons. The highest BCUT2D eigenvalue weighted by Crippen LogP contribution is 2.11. The maximum Gasteiger partial charge on any atom is 0.251 e. The van der Waals surface area contributed by atoms with Gasteiger partial charge in [0.15, 0.2) is 5.96 Å². The number of benzene rings is 1. The van der Waals surface area contributed by atoms with Crippen molar-refractivity contribution in [3.63, 3.8) is 0 Å². The predicted octanol–water partition coefficient (Wildman–Crippen LogP) is 3.44. The molecule has 1 aromatic carbocycles. The Bertz CT molecular complexity index is 829. The molecule has 7 nitrogen and oxygen atoms in total. The van der Waals surface area contributed by atoms with Crippen LogP contribution in [0.25, 0.3) is 0 Å². The van der Waals surface area contributed by atoms with E-state index in [1.165, 1.54) is 5.56 Å². The molecule has 0 aliphatic rings. The summed E-state index contributed by atoms with van der Waals surface area (Å²) in [4.78, 5) is 16.8. The maximum absolute atomic E-state index is 12.1. The summed E-state index contributed by atoms with van der Waals surface area (Å²) in [5.41, 5.74) is 5.11. The number of rotatable bonds is 9. The lowest BCUT2D eigenvalue weighted by Crippen LogP contribution is -2.37. The average Bonchev–Trinajstić information content (AvgIpc) is 2.96. The number of guanidine groups is 1. The molecular weight excluding hydrogens is 491 g/mol. The van der Waals surface area contributed by atoms with E-state index in [0.29, 0.717) is 18.7 Å². The van der Waals surface area contributed by atoms with Crippen LogP contribution in [-0.2, 0) is 20.1 Å². The highest BCUT2D eigenvalue weighted by molar-refractivity contribution is 14.0. The summed E-state index contributed by atoms with van der Waals surface area (Å²) in [7, 11) is 1.96. The zero-order chi connectivity index (χ0) is 21.2. The van der Waals surface area contributed by atoms with Gasteiger partial charge in [0.25, 0.3) is 5.91 Å². The Morgan fingerprint density at radius 3 is 2.37 bits per heavy atom. The molecule has 8 heteroatoms. The Morgan fingerprint density at radius 1 is 1.10 bits per heavy atom. The number of aryl methyl sites for hydroxylation is 2. The summed E-state index contributed by atoms with van der Waals surface area (Å²) in [6.45, 7) is 11.0. The van der Waals surface area contributed by atoms with E-state index in [1.807, 2.05) is 49.8 Å². The van der Waals surface area contributed by atoms with E-state index in [0.717, 1.165) is 48.8 Å². The summed E-state index contributed by atoms with van der Waals surface area (Å²) in [5, 5.41) is 14.1. The van der Waals surface area contributed by atoms with Gasteiger partial charge in [-0.3, -0.25) is 9.48 Å². The molecule has 0 unspecified atom stereocenters. The minimum Gasteiger partial charge on any atom is -0.357 e. The van der Waals surface area contributed by atoms with Crippen LogP contribution in [0, 0.1) is 13.8 Å². The molecule has 0 fully saturated rings. The van der Waals surface area contributed by atoms with E-state index in [1.54, 1.807) is 0 Å². The molecule has 0 saturated heterocycles. The number of aromatic nitrogens is 2. The first-order valence-electron chi connectivity index (χ1n) is 10.3. The van der Waals surface area contributed by atoms with Crippen molar-refractivity contribution in [1.29, 1.82) is 0 Å². The van der Waals surface area contributed by atoms with Crippen molar-refractivity contribution in [3.8, 4) is 0 Å². The lowest BCUT2D eigenvalue weighted by atomic mass is 10.1. The molecule has 2 aromatic rings. The monoisotopic (exact) mass is 526 g/mol. The van der Waals surface area contributed by atoms with E-state index in [9.17, 15) is 4.79 Å². The number of aliphatic imine (C=N–C) groups is 1. The van der Waals surface area contributed by atoms with Crippen molar-refractivity contribution < 1.29 is 4.79 Å². The van der Waals surface area contributed by atoms with E-state index in [4.69, 9.17) is 0 Å². The number of hydrogen-bond acceptors (Lipinski definition) is 3. The number of halogens is 1. The maximum atomic E-state index is 12.1. The van der Waals surface area contributed by atoms with Gasteiger partial charge in [0, 0.05) is 43.5 Å². The fourth-order valence-corrected chi connectivity index (χ4v) is 3.00. The summed E-state index contributed by atoms with van der Waals surface area (Å²) < 4.78 is 1.90. The number of carbonyl (C=O) groups is 1. The quantitative estimate of drug-likeness (QED) is 0.202. The van der Waals surface area contributed by atoms with Crippen molar-refractivity contribution >= 4 is 35.8 Å². The van der Waals surface area contributed by atoms with Crippen molar-refractivity contribution in [2.24, 2.45) is 12.0 Å². The molecule has 0 atom stereocenters. The van der Waals surface area contributed by atoms with Gasteiger partial charge in [-0.15, -0.1) is 24.0 Å². The highest BCUT2D eigenvalue weighted by atomic mass is 127. The van der Waals surface area contributed by atoms with E-state index >= 15 is 0 Å². The van der Waals surface area contributed by atoms with Gasteiger partial charge in [0.05, 0.1) is 12.2 Å². The first-order valence-corrected chi connectivity index (χ1v) is 10.3. The number of nitrogens with one attached hydrogen (secondary N) is 3. The van der Waals surface area contributed by atoms with Gasteiger partial charge in [-0.2, -0.15) is 5.10 Å². The fraction of sp³-hybridized carbons (Fsp3) is 0.500. The zero-order valence-electron chi connectivity index (χ0n) is 18.7. The molecule has 3 N–H and O–H groups in total. The van der Waals surface area contributed by atoms with Crippen LogP contribution in [0.1, 0.15) is 59.6 Å². The Labute approximate surface area is 197 Å². The summed E-state index contributed by atoms with van der Waals surface area (Å²) in [5.74, 6) is 0.738. The molecule has 1 aromatic heterocycles. The fourth-order valence-electron chi connectivity index (χ4n) is 3.00. The minimum absolute atomic E-state index is 0. The molecule has 0 aliphatic heterocycles. The van der Waals surface area contributed by atoms with Gasteiger partial charge in [-0.1, -0.05) is 25.5 Å². The third-order valence-corrected chi connectivity index (χ3v) is 4.89. The standard InChI is InChI=1S/C22H34N6O.HI/c1-6-8-13-24-21(29)19-11-9-18(10-12-19)14-25-22(23-7-2)26-15-20-16(3)27-28(5)17(20)4;/h9-12H,6-8,13-15H2,1-5H3,(H,24,29)(H2,23,25,26);1H. The molecule has 0 saturated carbocycles. The first kappa shape index (κ1) is 25.9. The number of amides is 1. The van der Waals surface area contributed by atoms with E-state index in [-0.39, 0.29) is 29.9 Å². The molecule has 0 aliphatic carbocycles. The molecule has 0 bridgehead atoms. The van der Waals surface area contributed by atoms with Crippen molar-refractivity contribution in [1.82, 2.24) is 25.7 Å². The predicted molar refractivity (Wildman–Crippen MR) is 133 cm³/mol. The van der Waals surface area contributed by atoms with Crippen molar-refractivity contribution in [2.75, 3.05) is 13.1 Å². The van der Waals surface area contributed by atoms with Crippen molar-refractivity contribution in [2.45, 2.75) is 53.6 Å². The summed E-state index contributed by atoms with van der Waals surface area (Å²) in [6.07, 6.45) is 2.07. The molecular formula is C22H35IN6O. The SMILES string of the molecule is CCCCNC(=O)c1ccc(CN=C(NCC)NCc2c(C)nn(C)c2C)cc1.I.